The Bertz CT molecular complexity index is 848. The van der Waals surface area contributed by atoms with E-state index in [9.17, 15) is 9.59 Å². The van der Waals surface area contributed by atoms with Crippen molar-refractivity contribution in [3.63, 3.8) is 0 Å². The highest BCUT2D eigenvalue weighted by atomic mass is 16.8. The third-order valence-corrected chi connectivity index (χ3v) is 8.29. The Hall–Kier alpha value is -1.96. The van der Waals surface area contributed by atoms with Crippen LogP contribution in [0.4, 0.5) is 0 Å². The third kappa shape index (κ3) is 4.50. The SMILES string of the molecule is C=CC(=C)CC[C@]1(C)[C@H]2C[C@@H](OC(C)=O)C=C3[C@@H](OCC)O[C@H](OC(C)=O)[C@@]32[C@H](OC)C[C@@H]1C. The average molecular weight is 477 g/mol. The standard InChI is InChI=1S/C27H40O7/c1-9-16(3)11-12-26(7)17(4)13-23(30-8)27-21(14-20(15-22(26)27)32-18(5)28)24(31-10-2)34-25(27)33-19(6)29/h9,14,17,20,22-25H,1,3,10-13,15H2,2,4-8H3/t17-,20-,22+,23+,24-,25-,26-,27-/m0/s1. The number of carbonyl (C=O) groups is 2. The number of carbonyl (C=O) groups excluding carboxylic acids is 2. The van der Waals surface area contributed by atoms with Crippen LogP contribution in [-0.4, -0.2) is 50.4 Å². The maximum Gasteiger partial charge on any atom is 0.304 e. The summed E-state index contributed by atoms with van der Waals surface area (Å²) in [5, 5.41) is 0. The highest BCUT2D eigenvalue weighted by molar-refractivity contribution is 5.67. The third-order valence-electron chi connectivity index (χ3n) is 8.29. The number of hydrogen-bond acceptors (Lipinski definition) is 7. The summed E-state index contributed by atoms with van der Waals surface area (Å²) in [6.45, 7) is 17.6. The van der Waals surface area contributed by atoms with E-state index in [1.807, 2.05) is 13.0 Å². The van der Waals surface area contributed by atoms with Crippen molar-refractivity contribution in [3.8, 4) is 0 Å². The van der Waals surface area contributed by atoms with Crippen molar-refractivity contribution >= 4 is 11.9 Å². The summed E-state index contributed by atoms with van der Waals surface area (Å²) >= 11 is 0. The van der Waals surface area contributed by atoms with Gasteiger partial charge in [-0.25, -0.2) is 0 Å². The van der Waals surface area contributed by atoms with Gasteiger partial charge >= 0.3 is 11.9 Å². The van der Waals surface area contributed by atoms with Crippen LogP contribution in [0.1, 0.15) is 60.3 Å². The molecule has 1 aliphatic heterocycles. The number of hydrogen-bond donors (Lipinski definition) is 0. The normalized spacial score (nSPS) is 38.8. The molecule has 0 aromatic rings. The summed E-state index contributed by atoms with van der Waals surface area (Å²) < 4.78 is 30.0. The molecule has 3 rings (SSSR count). The van der Waals surface area contributed by atoms with Crippen LogP contribution in [0.3, 0.4) is 0 Å². The minimum atomic E-state index is -0.865. The van der Waals surface area contributed by atoms with E-state index in [-0.39, 0.29) is 29.3 Å². The first kappa shape index (κ1) is 26.6. The summed E-state index contributed by atoms with van der Waals surface area (Å²) in [6.07, 6.45) is 4.44. The molecule has 3 aliphatic rings. The zero-order valence-electron chi connectivity index (χ0n) is 21.4. The molecule has 0 unspecified atom stereocenters. The highest BCUT2D eigenvalue weighted by Gasteiger charge is 2.71. The lowest BCUT2D eigenvalue weighted by molar-refractivity contribution is -0.259. The molecule has 2 aliphatic carbocycles. The van der Waals surface area contributed by atoms with Crippen molar-refractivity contribution < 1.29 is 33.3 Å². The summed E-state index contributed by atoms with van der Waals surface area (Å²) in [4.78, 5) is 24.1. The van der Waals surface area contributed by atoms with Crippen LogP contribution in [0.15, 0.2) is 36.5 Å². The van der Waals surface area contributed by atoms with E-state index in [1.165, 1.54) is 13.8 Å². The number of allylic oxidation sites excluding steroid dienone is 2. The molecular formula is C27H40O7. The quantitative estimate of drug-likeness (QED) is 0.271. The molecule has 8 atom stereocenters. The minimum absolute atomic E-state index is 0.0644. The molecule has 2 fully saturated rings. The summed E-state index contributed by atoms with van der Waals surface area (Å²) in [7, 11) is 1.69. The molecule has 34 heavy (non-hydrogen) atoms. The summed E-state index contributed by atoms with van der Waals surface area (Å²) in [5.41, 5.74) is 0.858. The predicted octanol–water partition coefficient (Wildman–Crippen LogP) is 4.72. The molecule has 0 bridgehead atoms. The second-order valence-electron chi connectivity index (χ2n) is 10.1. The predicted molar refractivity (Wildman–Crippen MR) is 127 cm³/mol. The largest absolute Gasteiger partial charge is 0.458 e. The van der Waals surface area contributed by atoms with E-state index in [4.69, 9.17) is 23.7 Å². The van der Waals surface area contributed by atoms with Crippen LogP contribution >= 0.6 is 0 Å². The van der Waals surface area contributed by atoms with Crippen molar-refractivity contribution in [3.05, 3.63) is 36.5 Å². The van der Waals surface area contributed by atoms with Crippen LogP contribution in [0.25, 0.3) is 0 Å². The van der Waals surface area contributed by atoms with Gasteiger partial charge in [-0.15, -0.1) is 0 Å². The fraction of sp³-hybridized carbons (Fsp3) is 0.704. The molecule has 1 saturated heterocycles. The van der Waals surface area contributed by atoms with Gasteiger partial charge in [0.2, 0.25) is 6.29 Å². The van der Waals surface area contributed by atoms with Gasteiger partial charge in [0, 0.05) is 33.1 Å². The summed E-state index contributed by atoms with van der Waals surface area (Å²) in [6, 6.07) is 0. The highest BCUT2D eigenvalue weighted by Crippen LogP contribution is 2.67. The van der Waals surface area contributed by atoms with Crippen LogP contribution < -0.4 is 0 Å². The monoisotopic (exact) mass is 476 g/mol. The van der Waals surface area contributed by atoms with Crippen molar-refractivity contribution in [1.82, 2.24) is 0 Å². The van der Waals surface area contributed by atoms with E-state index in [1.54, 1.807) is 13.2 Å². The molecule has 0 amide bonds. The van der Waals surface area contributed by atoms with Gasteiger partial charge in [-0.3, -0.25) is 9.59 Å². The lowest BCUT2D eigenvalue weighted by Gasteiger charge is -2.61. The van der Waals surface area contributed by atoms with Gasteiger partial charge in [-0.05, 0) is 55.9 Å². The van der Waals surface area contributed by atoms with Crippen LogP contribution in [0, 0.1) is 22.7 Å². The van der Waals surface area contributed by atoms with E-state index in [2.05, 4.69) is 27.0 Å². The first-order chi connectivity index (χ1) is 16.0. The molecule has 0 N–H and O–H groups in total. The number of ether oxygens (including phenoxy) is 5. The molecule has 0 aromatic carbocycles. The Balaban J connectivity index is 2.21. The average Bonchev–Trinajstić information content (AvgIpc) is 3.06. The maximum absolute atomic E-state index is 12.2. The number of esters is 2. The first-order valence-electron chi connectivity index (χ1n) is 12.2. The van der Waals surface area contributed by atoms with E-state index in [0.717, 1.165) is 30.4 Å². The zero-order valence-corrected chi connectivity index (χ0v) is 21.4. The Labute approximate surface area is 203 Å². The van der Waals surface area contributed by atoms with Crippen molar-refractivity contribution in [2.24, 2.45) is 22.7 Å². The molecule has 190 valence electrons. The van der Waals surface area contributed by atoms with E-state index in [0.29, 0.717) is 13.0 Å². The second-order valence-corrected chi connectivity index (χ2v) is 10.1. The Morgan fingerprint density at radius 2 is 1.91 bits per heavy atom. The Kier molecular flexibility index (Phi) is 8.10. The van der Waals surface area contributed by atoms with Gasteiger partial charge in [-0.1, -0.05) is 38.7 Å². The fourth-order valence-electron chi connectivity index (χ4n) is 6.52. The number of methoxy groups -OCH3 is 1. The molecule has 7 nitrogen and oxygen atoms in total. The van der Waals surface area contributed by atoms with Crippen molar-refractivity contribution in [1.29, 1.82) is 0 Å². The van der Waals surface area contributed by atoms with Gasteiger partial charge in [0.05, 0.1) is 11.5 Å². The summed E-state index contributed by atoms with van der Waals surface area (Å²) in [5.74, 6) is -0.545. The Morgan fingerprint density at radius 3 is 2.47 bits per heavy atom. The molecule has 7 heteroatoms. The van der Waals surface area contributed by atoms with Crippen molar-refractivity contribution in [2.75, 3.05) is 13.7 Å². The molecule has 1 saturated carbocycles. The topological polar surface area (TPSA) is 80.3 Å². The molecule has 0 aromatic heterocycles. The lowest BCUT2D eigenvalue weighted by Crippen LogP contribution is -2.63. The van der Waals surface area contributed by atoms with Gasteiger partial charge in [-0.2, -0.15) is 0 Å². The minimum Gasteiger partial charge on any atom is -0.458 e. The van der Waals surface area contributed by atoms with Crippen LogP contribution in [0.2, 0.25) is 0 Å². The first-order valence-corrected chi connectivity index (χ1v) is 12.2. The van der Waals surface area contributed by atoms with E-state index >= 15 is 0 Å². The van der Waals surface area contributed by atoms with E-state index < -0.39 is 30.1 Å². The van der Waals surface area contributed by atoms with Gasteiger partial charge in [0.1, 0.15) is 6.10 Å². The lowest BCUT2D eigenvalue weighted by atomic mass is 9.45. The molecule has 1 spiro atoms. The molecule has 1 heterocycles. The van der Waals surface area contributed by atoms with Crippen molar-refractivity contribution in [2.45, 2.75) is 85.1 Å². The second kappa shape index (κ2) is 10.3. The molecule has 0 radical (unpaired) electrons. The Morgan fingerprint density at radius 1 is 1.24 bits per heavy atom. The molecular weight excluding hydrogens is 436 g/mol. The number of rotatable bonds is 9. The smallest absolute Gasteiger partial charge is 0.304 e. The fourth-order valence-corrected chi connectivity index (χ4v) is 6.52. The van der Waals surface area contributed by atoms with Gasteiger partial charge in [0.15, 0.2) is 6.29 Å². The van der Waals surface area contributed by atoms with Gasteiger partial charge < -0.3 is 23.7 Å². The van der Waals surface area contributed by atoms with Crippen LogP contribution in [0.5, 0.6) is 0 Å². The zero-order chi connectivity index (χ0) is 25.3. The van der Waals surface area contributed by atoms with Crippen LogP contribution in [-0.2, 0) is 33.3 Å². The van der Waals surface area contributed by atoms with Gasteiger partial charge in [0.25, 0.3) is 0 Å². The maximum atomic E-state index is 12.2.